The van der Waals surface area contributed by atoms with Gasteiger partial charge in [0, 0.05) is 31.5 Å². The minimum absolute atomic E-state index is 0.00933. The van der Waals surface area contributed by atoms with Crippen molar-refractivity contribution in [3.63, 3.8) is 0 Å². The summed E-state index contributed by atoms with van der Waals surface area (Å²) in [6.45, 7) is 20.3. The summed E-state index contributed by atoms with van der Waals surface area (Å²) in [4.78, 5) is 24.6. The number of halogens is 2. The van der Waals surface area contributed by atoms with Crippen LogP contribution in [0, 0.1) is 12.8 Å². The van der Waals surface area contributed by atoms with E-state index in [0.29, 0.717) is 27.1 Å². The van der Waals surface area contributed by atoms with Crippen molar-refractivity contribution in [2.45, 2.75) is 85.4 Å². The highest BCUT2D eigenvalue weighted by Crippen LogP contribution is 2.28. The summed E-state index contributed by atoms with van der Waals surface area (Å²) in [5.74, 6) is 0.629. The highest BCUT2D eigenvalue weighted by Gasteiger charge is 2.28. The van der Waals surface area contributed by atoms with Crippen LogP contribution in [0.5, 0.6) is 0 Å². The fourth-order valence-corrected chi connectivity index (χ4v) is 8.22. The Labute approximate surface area is 271 Å². The summed E-state index contributed by atoms with van der Waals surface area (Å²) >= 11 is 12.4. The standard InChI is InChI=1S/C14H20ClNOSi.C14H22ClNOSi.C6H9N/c1-18(2,3)12-6-4-5-11(15)13(12)14(17)16-9-10-7-8-10;1-6-10(2)16-14(17)13-11(15)8-7-9-12(13)18(3,4)5;1-6-4-3-5-7(6)2/h4-6,10H,7-9H2,1-3H3,(H,16,17);7-10H,6H2,1-5H3,(H,16,17);3-5H,1-2H3. The zero-order valence-electron chi connectivity index (χ0n) is 27.7. The molecule has 1 heterocycles. The average molecular weight is 661 g/mol. The minimum atomic E-state index is -1.58. The molecule has 2 aromatic carbocycles. The number of aromatic nitrogens is 1. The predicted molar refractivity (Wildman–Crippen MR) is 191 cm³/mol. The number of hydrogen-bond acceptors (Lipinski definition) is 2. The predicted octanol–water partition coefficient (Wildman–Crippen LogP) is 7.77. The van der Waals surface area contributed by atoms with E-state index in [1.165, 1.54) is 18.5 Å². The van der Waals surface area contributed by atoms with Gasteiger partial charge in [0.15, 0.2) is 0 Å². The first-order valence-corrected chi connectivity index (χ1v) is 23.0. The molecule has 2 amide bonds. The van der Waals surface area contributed by atoms with Crippen LogP contribution in [0.4, 0.5) is 0 Å². The van der Waals surface area contributed by atoms with E-state index in [2.05, 4.69) is 74.4 Å². The third kappa shape index (κ3) is 11.6. The molecule has 0 aliphatic heterocycles. The number of benzene rings is 2. The van der Waals surface area contributed by atoms with E-state index in [0.717, 1.165) is 23.3 Å². The number of amides is 2. The van der Waals surface area contributed by atoms with Crippen molar-refractivity contribution in [1.29, 1.82) is 0 Å². The van der Waals surface area contributed by atoms with E-state index in [1.54, 1.807) is 12.1 Å². The molecule has 1 fully saturated rings. The Hall–Kier alpha value is -2.33. The van der Waals surface area contributed by atoms with Crippen LogP contribution in [0.25, 0.3) is 0 Å². The molecule has 2 N–H and O–H groups in total. The molecule has 0 radical (unpaired) electrons. The lowest BCUT2D eigenvalue weighted by molar-refractivity contribution is 0.0936. The summed E-state index contributed by atoms with van der Waals surface area (Å²) in [5.41, 5.74) is 2.66. The molecule has 0 bridgehead atoms. The highest BCUT2D eigenvalue weighted by atomic mass is 35.5. The Kier molecular flexibility index (Phi) is 13.8. The SMILES string of the molecule is CCC(C)NC(=O)c1c(Cl)cccc1[Si](C)(C)C.C[Si](C)(C)c1cccc(Cl)c1C(=O)NCC1CC1.Cc1cccn1C. The second-order valence-electron chi connectivity index (χ2n) is 13.5. The van der Waals surface area contributed by atoms with Crippen LogP contribution in [0.15, 0.2) is 54.7 Å². The Morgan fingerprint density at radius 2 is 1.35 bits per heavy atom. The normalized spacial score (nSPS) is 13.6. The summed E-state index contributed by atoms with van der Waals surface area (Å²) < 4.78 is 2.08. The smallest absolute Gasteiger partial charge is 0.252 e. The van der Waals surface area contributed by atoms with Crippen molar-refractivity contribution >= 4 is 61.5 Å². The second-order valence-corrected chi connectivity index (χ2v) is 24.4. The Morgan fingerprint density at radius 1 is 0.860 bits per heavy atom. The van der Waals surface area contributed by atoms with Gasteiger partial charge >= 0.3 is 0 Å². The minimum Gasteiger partial charge on any atom is -0.355 e. The van der Waals surface area contributed by atoms with Gasteiger partial charge in [-0.25, -0.2) is 0 Å². The van der Waals surface area contributed by atoms with Gasteiger partial charge in [-0.15, -0.1) is 0 Å². The maximum absolute atomic E-state index is 12.3. The third-order valence-corrected chi connectivity index (χ3v) is 12.2. The van der Waals surface area contributed by atoms with Gasteiger partial charge in [-0.05, 0) is 73.7 Å². The van der Waals surface area contributed by atoms with Crippen molar-refractivity contribution in [3.8, 4) is 0 Å². The largest absolute Gasteiger partial charge is 0.355 e. The van der Waals surface area contributed by atoms with Gasteiger partial charge < -0.3 is 15.2 Å². The number of rotatable bonds is 8. The molecule has 1 saturated carbocycles. The molecule has 0 saturated heterocycles. The molecule has 4 rings (SSSR count). The van der Waals surface area contributed by atoms with Crippen molar-refractivity contribution < 1.29 is 9.59 Å². The number of hydrogen-bond donors (Lipinski definition) is 2. The van der Waals surface area contributed by atoms with Crippen molar-refractivity contribution in [3.05, 3.63) is 81.6 Å². The molecule has 236 valence electrons. The van der Waals surface area contributed by atoms with Crippen molar-refractivity contribution in [2.24, 2.45) is 13.0 Å². The molecule has 1 aliphatic carbocycles. The topological polar surface area (TPSA) is 63.1 Å². The first-order valence-electron chi connectivity index (χ1n) is 15.2. The lowest BCUT2D eigenvalue weighted by atomic mass is 10.2. The summed E-state index contributed by atoms with van der Waals surface area (Å²) in [6, 6.07) is 15.8. The van der Waals surface area contributed by atoms with Crippen molar-refractivity contribution in [2.75, 3.05) is 6.54 Å². The van der Waals surface area contributed by atoms with E-state index < -0.39 is 16.1 Å². The van der Waals surface area contributed by atoms with E-state index >= 15 is 0 Å². The van der Waals surface area contributed by atoms with Gasteiger partial charge in [0.25, 0.3) is 11.8 Å². The van der Waals surface area contributed by atoms with E-state index in [4.69, 9.17) is 23.2 Å². The van der Waals surface area contributed by atoms with Crippen LogP contribution >= 0.6 is 23.2 Å². The summed E-state index contributed by atoms with van der Waals surface area (Å²) in [6.07, 6.45) is 5.43. The molecule has 3 aromatic rings. The van der Waals surface area contributed by atoms with Gasteiger partial charge in [-0.2, -0.15) is 0 Å². The molecule has 43 heavy (non-hydrogen) atoms. The van der Waals surface area contributed by atoms with Crippen LogP contribution in [0.2, 0.25) is 49.3 Å². The number of aryl methyl sites for hydroxylation is 2. The molecule has 0 spiro atoms. The fraction of sp³-hybridized carbons (Fsp3) is 0.471. The second kappa shape index (κ2) is 16.1. The Balaban J connectivity index is 0.000000246. The lowest BCUT2D eigenvalue weighted by Crippen LogP contribution is -2.44. The molecule has 1 unspecified atom stereocenters. The van der Waals surface area contributed by atoms with Crippen LogP contribution < -0.4 is 21.0 Å². The van der Waals surface area contributed by atoms with Crippen LogP contribution in [0.1, 0.15) is 59.5 Å². The quantitative estimate of drug-likeness (QED) is 0.243. The molecule has 1 aliphatic rings. The van der Waals surface area contributed by atoms with Gasteiger partial charge in [0.2, 0.25) is 0 Å². The van der Waals surface area contributed by atoms with Crippen molar-refractivity contribution in [1.82, 2.24) is 15.2 Å². The number of nitrogens with zero attached hydrogens (tertiary/aromatic N) is 1. The molecule has 1 aromatic heterocycles. The Bertz CT molecular complexity index is 1360. The number of carbonyl (C=O) groups is 2. The molecular formula is C34H51Cl2N3O2Si2. The third-order valence-electron chi connectivity index (χ3n) is 7.54. The molecular weight excluding hydrogens is 609 g/mol. The summed E-state index contributed by atoms with van der Waals surface area (Å²) in [5, 5.41) is 9.40. The maximum Gasteiger partial charge on any atom is 0.252 e. The first-order chi connectivity index (χ1) is 20.0. The number of nitrogens with one attached hydrogen (secondary N) is 2. The van der Waals surface area contributed by atoms with Crippen LogP contribution in [-0.4, -0.2) is 45.1 Å². The first kappa shape index (κ1) is 36.9. The van der Waals surface area contributed by atoms with Gasteiger partial charge in [-0.1, -0.05) is 93.7 Å². The highest BCUT2D eigenvalue weighted by molar-refractivity contribution is 6.90. The average Bonchev–Trinajstić information content (AvgIpc) is 3.68. The number of carbonyl (C=O) groups excluding carboxylic acids is 2. The molecule has 5 nitrogen and oxygen atoms in total. The van der Waals surface area contributed by atoms with Gasteiger partial charge in [-0.3, -0.25) is 9.59 Å². The zero-order chi connectivity index (χ0) is 32.5. The Morgan fingerprint density at radius 3 is 1.70 bits per heavy atom. The maximum atomic E-state index is 12.3. The lowest BCUT2D eigenvalue weighted by Gasteiger charge is -2.22. The van der Waals surface area contributed by atoms with Gasteiger partial charge in [0.05, 0.1) is 37.3 Å². The van der Waals surface area contributed by atoms with E-state index in [1.807, 2.05) is 50.5 Å². The molecule has 1 atom stereocenters. The summed E-state index contributed by atoms with van der Waals surface area (Å²) in [7, 11) is -1.10. The van der Waals surface area contributed by atoms with E-state index in [-0.39, 0.29) is 17.9 Å². The van der Waals surface area contributed by atoms with E-state index in [9.17, 15) is 9.59 Å². The molecule has 9 heteroatoms. The fourth-order valence-electron chi connectivity index (χ4n) is 4.35. The van der Waals surface area contributed by atoms with Gasteiger partial charge in [0.1, 0.15) is 0 Å². The van der Waals surface area contributed by atoms with Crippen LogP contribution in [-0.2, 0) is 7.05 Å². The zero-order valence-corrected chi connectivity index (χ0v) is 31.2. The monoisotopic (exact) mass is 659 g/mol. The van der Waals surface area contributed by atoms with Crippen LogP contribution in [0.3, 0.4) is 0 Å².